The number of carbonyl (C=O) groups excluding carboxylic acids is 1. The van der Waals surface area contributed by atoms with Crippen LogP contribution in [0.2, 0.25) is 0 Å². The van der Waals surface area contributed by atoms with Crippen LogP contribution in [0.3, 0.4) is 0 Å². The van der Waals surface area contributed by atoms with E-state index in [4.69, 9.17) is 4.18 Å². The van der Waals surface area contributed by atoms with Gasteiger partial charge in [-0.1, -0.05) is 45.2 Å². The van der Waals surface area contributed by atoms with Crippen molar-refractivity contribution in [2.45, 2.75) is 76.8 Å². The molecule has 0 aliphatic carbocycles. The maximum absolute atomic E-state index is 13.1. The fourth-order valence-electron chi connectivity index (χ4n) is 3.23. The Morgan fingerprint density at radius 2 is 1.77 bits per heavy atom. The summed E-state index contributed by atoms with van der Waals surface area (Å²) < 4.78 is 43.3. The number of rotatable bonds is 12. The highest BCUT2D eigenvalue weighted by Gasteiger charge is 2.20. The summed E-state index contributed by atoms with van der Waals surface area (Å²) in [6.45, 7) is 6.58. The molecule has 0 radical (unpaired) electrons. The summed E-state index contributed by atoms with van der Waals surface area (Å²) in [6.07, 6.45) is 5.50. The summed E-state index contributed by atoms with van der Waals surface area (Å²) in [5.74, 6) is -0.262. The van der Waals surface area contributed by atoms with E-state index in [1.807, 2.05) is 24.8 Å². The van der Waals surface area contributed by atoms with Gasteiger partial charge < -0.3 is 9.08 Å². The maximum atomic E-state index is 13.1. The second-order valence-corrected chi connectivity index (χ2v) is 9.27. The van der Waals surface area contributed by atoms with Gasteiger partial charge in [0.05, 0.1) is 0 Å². The van der Waals surface area contributed by atoms with Crippen LogP contribution in [0.5, 0.6) is 5.75 Å². The maximum Gasteiger partial charge on any atom is 0.339 e. The second-order valence-electron chi connectivity index (χ2n) is 7.73. The van der Waals surface area contributed by atoms with Gasteiger partial charge in [-0.3, -0.25) is 4.79 Å². The number of unbranched alkanes of at least 4 members (excludes halogenated alkanes) is 3. The van der Waals surface area contributed by atoms with E-state index in [0.29, 0.717) is 13.0 Å². The largest absolute Gasteiger partial charge is 0.379 e. The Labute approximate surface area is 185 Å². The monoisotopic (exact) mass is 449 g/mol. The summed E-state index contributed by atoms with van der Waals surface area (Å²) in [4.78, 5) is 14.5. The molecule has 2 rings (SSSR count). The molecular formula is C24H32FNO4S. The minimum Gasteiger partial charge on any atom is -0.379 e. The predicted molar refractivity (Wildman–Crippen MR) is 120 cm³/mol. The van der Waals surface area contributed by atoms with Crippen LogP contribution in [-0.4, -0.2) is 25.3 Å². The van der Waals surface area contributed by atoms with Gasteiger partial charge in [0.15, 0.2) is 0 Å². The van der Waals surface area contributed by atoms with Crippen LogP contribution < -0.4 is 4.18 Å². The lowest BCUT2D eigenvalue weighted by Gasteiger charge is -2.29. The quantitative estimate of drug-likeness (QED) is 0.308. The fraction of sp³-hybridized carbons (Fsp3) is 0.458. The number of benzene rings is 2. The molecule has 0 heterocycles. The zero-order valence-electron chi connectivity index (χ0n) is 18.5. The van der Waals surface area contributed by atoms with Crippen LogP contribution in [0, 0.1) is 5.82 Å². The minimum atomic E-state index is -4.08. The molecule has 2 aromatic rings. The average molecular weight is 450 g/mol. The molecule has 1 amide bonds. The molecule has 1 unspecified atom stereocenters. The molecular weight excluding hydrogens is 417 g/mol. The van der Waals surface area contributed by atoms with Crippen molar-refractivity contribution in [3.63, 3.8) is 0 Å². The van der Waals surface area contributed by atoms with Gasteiger partial charge in [0.2, 0.25) is 5.91 Å². The highest BCUT2D eigenvalue weighted by atomic mass is 32.2. The third-order valence-corrected chi connectivity index (χ3v) is 6.51. The molecule has 31 heavy (non-hydrogen) atoms. The first-order chi connectivity index (χ1) is 14.8. The Bertz CT molecular complexity index is 944. The van der Waals surface area contributed by atoms with Crippen molar-refractivity contribution in [2.75, 3.05) is 0 Å². The lowest BCUT2D eigenvalue weighted by Crippen LogP contribution is -2.37. The molecule has 5 nitrogen and oxygen atoms in total. The van der Waals surface area contributed by atoms with E-state index in [1.54, 1.807) is 18.2 Å². The van der Waals surface area contributed by atoms with Crippen LogP contribution >= 0.6 is 0 Å². The SMILES string of the molecule is CCCCCCC(=O)N(Cc1cccc(OS(=O)(=O)c2ccc(F)cc2)c1)C(C)CC. The number of hydrogen-bond donors (Lipinski definition) is 0. The van der Waals surface area contributed by atoms with Crippen LogP contribution in [0.25, 0.3) is 0 Å². The van der Waals surface area contributed by atoms with Crippen LogP contribution in [0.4, 0.5) is 4.39 Å². The Morgan fingerprint density at radius 3 is 2.42 bits per heavy atom. The van der Waals surface area contributed by atoms with Gasteiger partial charge in [-0.15, -0.1) is 0 Å². The summed E-state index contributed by atoms with van der Waals surface area (Å²) in [5.41, 5.74) is 0.786. The average Bonchev–Trinajstić information content (AvgIpc) is 2.74. The van der Waals surface area contributed by atoms with Crippen LogP contribution in [0.1, 0.15) is 64.9 Å². The van der Waals surface area contributed by atoms with Crippen molar-refractivity contribution in [2.24, 2.45) is 0 Å². The van der Waals surface area contributed by atoms with E-state index in [1.165, 1.54) is 0 Å². The van der Waals surface area contributed by atoms with Crippen LogP contribution in [0.15, 0.2) is 53.4 Å². The van der Waals surface area contributed by atoms with E-state index < -0.39 is 15.9 Å². The van der Waals surface area contributed by atoms with Gasteiger partial charge in [0.25, 0.3) is 0 Å². The smallest absolute Gasteiger partial charge is 0.339 e. The molecule has 0 saturated heterocycles. The molecule has 1 atom stereocenters. The van der Waals surface area contributed by atoms with Gasteiger partial charge in [-0.25, -0.2) is 4.39 Å². The number of hydrogen-bond acceptors (Lipinski definition) is 4. The van der Waals surface area contributed by atoms with Crippen molar-refractivity contribution < 1.29 is 21.8 Å². The van der Waals surface area contributed by atoms with Crippen LogP contribution in [-0.2, 0) is 21.5 Å². The third-order valence-electron chi connectivity index (χ3n) is 5.25. The zero-order chi connectivity index (χ0) is 22.9. The molecule has 7 heteroatoms. The van der Waals surface area contributed by atoms with Gasteiger partial charge in [0, 0.05) is 19.0 Å². The lowest BCUT2D eigenvalue weighted by molar-refractivity contribution is -0.134. The summed E-state index contributed by atoms with van der Waals surface area (Å²) >= 11 is 0. The molecule has 0 N–H and O–H groups in total. The minimum absolute atomic E-state index is 0.0752. The molecule has 0 aromatic heterocycles. The molecule has 170 valence electrons. The third kappa shape index (κ3) is 7.65. The number of carbonyl (C=O) groups is 1. The first-order valence-electron chi connectivity index (χ1n) is 10.8. The zero-order valence-corrected chi connectivity index (χ0v) is 19.3. The first-order valence-corrected chi connectivity index (χ1v) is 12.3. The molecule has 0 bridgehead atoms. The van der Waals surface area contributed by atoms with E-state index >= 15 is 0 Å². The summed E-state index contributed by atoms with van der Waals surface area (Å²) in [6, 6.07) is 11.3. The highest BCUT2D eigenvalue weighted by Crippen LogP contribution is 2.22. The van der Waals surface area contributed by atoms with Crippen molar-refractivity contribution in [1.29, 1.82) is 0 Å². The van der Waals surface area contributed by atoms with Crippen molar-refractivity contribution in [3.8, 4) is 5.75 Å². The Morgan fingerprint density at radius 1 is 1.06 bits per heavy atom. The highest BCUT2D eigenvalue weighted by molar-refractivity contribution is 7.87. The predicted octanol–water partition coefficient (Wildman–Crippen LogP) is 5.69. The number of halogens is 1. The second kappa shape index (κ2) is 11.8. The molecule has 0 aliphatic rings. The Kier molecular flexibility index (Phi) is 9.49. The van der Waals surface area contributed by atoms with Crippen molar-refractivity contribution >= 4 is 16.0 Å². The van der Waals surface area contributed by atoms with E-state index in [0.717, 1.165) is 61.9 Å². The van der Waals surface area contributed by atoms with Gasteiger partial charge in [0.1, 0.15) is 16.5 Å². The molecule has 0 saturated carbocycles. The van der Waals surface area contributed by atoms with Crippen molar-refractivity contribution in [3.05, 3.63) is 59.9 Å². The lowest BCUT2D eigenvalue weighted by atomic mass is 10.1. The number of amides is 1. The Balaban J connectivity index is 2.12. The van der Waals surface area contributed by atoms with E-state index in [9.17, 15) is 17.6 Å². The van der Waals surface area contributed by atoms with Gasteiger partial charge in [-0.2, -0.15) is 8.42 Å². The van der Waals surface area contributed by atoms with Gasteiger partial charge >= 0.3 is 10.1 Å². The topological polar surface area (TPSA) is 63.7 Å². The first kappa shape index (κ1) is 24.9. The Hall–Kier alpha value is -2.41. The summed E-state index contributed by atoms with van der Waals surface area (Å²) in [5, 5.41) is 0. The molecule has 0 spiro atoms. The number of nitrogens with zero attached hydrogens (tertiary/aromatic N) is 1. The van der Waals surface area contributed by atoms with Gasteiger partial charge in [-0.05, 0) is 61.7 Å². The van der Waals surface area contributed by atoms with Crippen molar-refractivity contribution in [1.82, 2.24) is 4.90 Å². The molecule has 2 aromatic carbocycles. The van der Waals surface area contributed by atoms with E-state index in [-0.39, 0.29) is 22.6 Å². The van der Waals surface area contributed by atoms with E-state index in [2.05, 4.69) is 6.92 Å². The summed E-state index contributed by atoms with van der Waals surface area (Å²) in [7, 11) is -4.08. The molecule has 0 aliphatic heterocycles. The fourth-order valence-corrected chi connectivity index (χ4v) is 4.15. The normalized spacial score (nSPS) is 12.4. The standard InChI is InChI=1S/C24H32FNO4S/c1-4-6-7-8-12-24(27)26(19(3)5-2)18-20-10-9-11-22(17-20)30-31(28,29)23-15-13-21(25)14-16-23/h9-11,13-17,19H,4-8,12,18H2,1-3H3. The molecule has 0 fully saturated rings.